The van der Waals surface area contributed by atoms with Gasteiger partial charge in [-0.3, -0.25) is 9.59 Å². The van der Waals surface area contributed by atoms with Gasteiger partial charge in [0, 0.05) is 31.9 Å². The number of hydrogen-bond acceptors (Lipinski definition) is 6. The largest absolute Gasteiger partial charge is 0.399 e. The lowest BCUT2D eigenvalue weighted by Crippen LogP contribution is -2.36. The quantitative estimate of drug-likeness (QED) is 0.433. The molecule has 0 unspecified atom stereocenters. The molecule has 7 nitrogen and oxygen atoms in total. The van der Waals surface area contributed by atoms with Crippen molar-refractivity contribution < 1.29 is 14.7 Å². The molecule has 0 saturated carbocycles. The number of aliphatic hydroxyl groups excluding tert-OH is 1. The van der Waals surface area contributed by atoms with Gasteiger partial charge in [-0.25, -0.2) is 4.90 Å². The maximum atomic E-state index is 12.9. The second-order valence-corrected chi connectivity index (χ2v) is 6.09. The number of nitrogens with two attached hydrogens (primary N) is 1. The fourth-order valence-corrected chi connectivity index (χ4v) is 2.64. The molecule has 2 aromatic carbocycles. The molecule has 2 aromatic rings. The number of amides is 2. The summed E-state index contributed by atoms with van der Waals surface area (Å²) in [5, 5.41) is 18.8. The number of aliphatic hydroxyl groups is 1. The summed E-state index contributed by atoms with van der Waals surface area (Å²) in [7, 11) is 0. The van der Waals surface area contributed by atoms with E-state index in [1.807, 2.05) is 36.4 Å². The molecule has 0 aliphatic heterocycles. The molecule has 0 radical (unpaired) electrons. The highest BCUT2D eigenvalue weighted by atomic mass is 16.3. The van der Waals surface area contributed by atoms with E-state index in [1.54, 1.807) is 29.2 Å². The zero-order valence-corrected chi connectivity index (χ0v) is 15.6. The second-order valence-electron chi connectivity index (χ2n) is 6.09. The number of nitrogen functional groups attached to an aromatic ring is 1. The molecule has 2 amide bonds. The first-order valence-electron chi connectivity index (χ1n) is 8.67. The molecule has 0 heterocycles. The Morgan fingerprint density at radius 1 is 1.14 bits per heavy atom. The summed E-state index contributed by atoms with van der Waals surface area (Å²) in [5.74, 6) is -1.26. The van der Waals surface area contributed by atoms with Crippen molar-refractivity contribution >= 4 is 23.2 Å². The van der Waals surface area contributed by atoms with Crippen LogP contribution in [-0.2, 0) is 16.1 Å². The Bertz CT molecular complexity index is 886. The van der Waals surface area contributed by atoms with Gasteiger partial charge in [-0.1, -0.05) is 30.3 Å². The molecule has 0 aromatic heterocycles. The van der Waals surface area contributed by atoms with Crippen molar-refractivity contribution in [1.82, 2.24) is 4.90 Å². The zero-order chi connectivity index (χ0) is 20.5. The normalized spacial score (nSPS) is 10.8. The van der Waals surface area contributed by atoms with Crippen LogP contribution in [0.5, 0.6) is 0 Å². The Hall–Kier alpha value is -3.63. The molecule has 0 aliphatic carbocycles. The lowest BCUT2D eigenvalue weighted by molar-refractivity contribution is -0.123. The number of carbonyl (C=O) groups excluding carboxylic acids is 2. The molecule has 28 heavy (non-hydrogen) atoms. The van der Waals surface area contributed by atoms with Gasteiger partial charge in [0.05, 0.1) is 12.3 Å². The molecule has 0 aliphatic rings. The minimum Gasteiger partial charge on any atom is -0.399 e. The standard InChI is InChI=1S/C21H22N4O3/c1-16(27)25(20-9-7-19(23)8-10-20)21(28)18(13-22)15-24(11-12-26)14-17-5-3-2-4-6-17/h2-10,15,26H,11-12,14,23H2,1H3/b18-15-. The van der Waals surface area contributed by atoms with Crippen LogP contribution in [0.25, 0.3) is 0 Å². The van der Waals surface area contributed by atoms with E-state index in [0.717, 1.165) is 10.5 Å². The predicted molar refractivity (Wildman–Crippen MR) is 107 cm³/mol. The van der Waals surface area contributed by atoms with Gasteiger partial charge in [-0.2, -0.15) is 5.26 Å². The second kappa shape index (κ2) is 9.90. The molecule has 0 fully saturated rings. The Morgan fingerprint density at radius 3 is 2.32 bits per heavy atom. The third-order valence-electron chi connectivity index (χ3n) is 3.95. The van der Waals surface area contributed by atoms with E-state index in [1.165, 1.54) is 13.1 Å². The SMILES string of the molecule is CC(=O)N(C(=O)/C(C#N)=C\N(CCO)Cc1ccccc1)c1ccc(N)cc1. The minimum absolute atomic E-state index is 0.148. The lowest BCUT2D eigenvalue weighted by atomic mass is 10.2. The number of nitriles is 1. The molecular weight excluding hydrogens is 356 g/mol. The van der Waals surface area contributed by atoms with Gasteiger partial charge in [-0.15, -0.1) is 0 Å². The lowest BCUT2D eigenvalue weighted by Gasteiger charge is -2.22. The topological polar surface area (TPSA) is 111 Å². The highest BCUT2D eigenvalue weighted by Crippen LogP contribution is 2.19. The molecule has 2 rings (SSSR count). The van der Waals surface area contributed by atoms with Crippen molar-refractivity contribution in [3.05, 3.63) is 71.9 Å². The summed E-state index contributed by atoms with van der Waals surface area (Å²) in [6.45, 7) is 1.74. The van der Waals surface area contributed by atoms with Crippen LogP contribution in [0.15, 0.2) is 66.4 Å². The summed E-state index contributed by atoms with van der Waals surface area (Å²) in [5.41, 5.74) is 7.22. The van der Waals surface area contributed by atoms with Crippen LogP contribution in [-0.4, -0.2) is 35.0 Å². The van der Waals surface area contributed by atoms with Crippen LogP contribution in [0.4, 0.5) is 11.4 Å². The zero-order valence-electron chi connectivity index (χ0n) is 15.6. The van der Waals surface area contributed by atoms with Gasteiger partial charge in [0.1, 0.15) is 11.6 Å². The number of imide groups is 1. The van der Waals surface area contributed by atoms with E-state index in [0.29, 0.717) is 17.9 Å². The number of benzene rings is 2. The Kier molecular flexibility index (Phi) is 7.31. The number of rotatable bonds is 7. The molecular formula is C21H22N4O3. The van der Waals surface area contributed by atoms with Gasteiger partial charge >= 0.3 is 0 Å². The highest BCUT2D eigenvalue weighted by molar-refractivity contribution is 6.21. The first kappa shape index (κ1) is 20.7. The maximum absolute atomic E-state index is 12.9. The van der Waals surface area contributed by atoms with Gasteiger partial charge in [0.15, 0.2) is 0 Å². The van der Waals surface area contributed by atoms with E-state index in [2.05, 4.69) is 0 Å². The number of carbonyl (C=O) groups is 2. The summed E-state index contributed by atoms with van der Waals surface area (Å²) in [6.07, 6.45) is 1.37. The van der Waals surface area contributed by atoms with E-state index in [4.69, 9.17) is 5.73 Å². The molecule has 3 N–H and O–H groups in total. The summed E-state index contributed by atoms with van der Waals surface area (Å²) in [6, 6.07) is 17.5. The van der Waals surface area contributed by atoms with Gasteiger partial charge in [0.2, 0.25) is 5.91 Å². The Morgan fingerprint density at radius 2 is 1.79 bits per heavy atom. The summed E-state index contributed by atoms with van der Waals surface area (Å²) < 4.78 is 0. The molecule has 0 spiro atoms. The van der Waals surface area contributed by atoms with Gasteiger partial charge in [0.25, 0.3) is 5.91 Å². The van der Waals surface area contributed by atoms with Crippen molar-refractivity contribution in [3.8, 4) is 6.07 Å². The molecule has 7 heteroatoms. The molecule has 144 valence electrons. The van der Waals surface area contributed by atoms with Gasteiger partial charge < -0.3 is 15.7 Å². The van der Waals surface area contributed by atoms with Crippen molar-refractivity contribution in [2.45, 2.75) is 13.5 Å². The number of hydrogen-bond donors (Lipinski definition) is 2. The smallest absolute Gasteiger partial charge is 0.277 e. The summed E-state index contributed by atoms with van der Waals surface area (Å²) in [4.78, 5) is 27.5. The number of anilines is 2. The maximum Gasteiger partial charge on any atom is 0.277 e. The van der Waals surface area contributed by atoms with Crippen LogP contribution in [0.2, 0.25) is 0 Å². The van der Waals surface area contributed by atoms with E-state index < -0.39 is 11.8 Å². The minimum atomic E-state index is -0.740. The van der Waals surface area contributed by atoms with Crippen LogP contribution < -0.4 is 10.6 Å². The molecule has 0 bridgehead atoms. The average molecular weight is 378 g/mol. The van der Waals surface area contributed by atoms with E-state index in [-0.39, 0.29) is 18.7 Å². The fraction of sp³-hybridized carbons (Fsp3) is 0.190. The first-order valence-corrected chi connectivity index (χ1v) is 8.67. The predicted octanol–water partition coefficient (Wildman–Crippen LogP) is 2.05. The van der Waals surface area contributed by atoms with Crippen LogP contribution in [0, 0.1) is 11.3 Å². The molecule has 0 saturated heterocycles. The Balaban J connectivity index is 2.32. The van der Waals surface area contributed by atoms with Crippen molar-refractivity contribution in [2.24, 2.45) is 0 Å². The van der Waals surface area contributed by atoms with Crippen LogP contribution in [0.3, 0.4) is 0 Å². The van der Waals surface area contributed by atoms with Crippen LogP contribution in [0.1, 0.15) is 12.5 Å². The Labute approximate surface area is 163 Å². The summed E-state index contributed by atoms with van der Waals surface area (Å²) >= 11 is 0. The first-order chi connectivity index (χ1) is 13.5. The van der Waals surface area contributed by atoms with Gasteiger partial charge in [-0.05, 0) is 29.8 Å². The van der Waals surface area contributed by atoms with E-state index in [9.17, 15) is 20.0 Å². The average Bonchev–Trinajstić information content (AvgIpc) is 2.68. The van der Waals surface area contributed by atoms with Crippen molar-refractivity contribution in [3.63, 3.8) is 0 Å². The number of nitrogens with zero attached hydrogens (tertiary/aromatic N) is 3. The molecule has 0 atom stereocenters. The van der Waals surface area contributed by atoms with Crippen molar-refractivity contribution in [2.75, 3.05) is 23.8 Å². The third-order valence-corrected chi connectivity index (χ3v) is 3.95. The van der Waals surface area contributed by atoms with Crippen molar-refractivity contribution in [1.29, 1.82) is 5.26 Å². The van der Waals surface area contributed by atoms with E-state index >= 15 is 0 Å². The monoisotopic (exact) mass is 378 g/mol. The third kappa shape index (κ3) is 5.43. The fourth-order valence-electron chi connectivity index (χ4n) is 2.64. The van der Waals surface area contributed by atoms with Crippen LogP contribution >= 0.6 is 0 Å². The highest BCUT2D eigenvalue weighted by Gasteiger charge is 2.24.